The molecule has 0 aromatic heterocycles. The van der Waals surface area contributed by atoms with Gasteiger partial charge in [-0.25, -0.2) is 9.18 Å². The summed E-state index contributed by atoms with van der Waals surface area (Å²) in [6, 6.07) is 4.82. The second-order valence-electron chi connectivity index (χ2n) is 4.03. The first kappa shape index (κ1) is 12.3. The number of rotatable bonds is 2. The number of nitrogens with zero attached hydrogens (tertiary/aromatic N) is 1. The molecule has 1 unspecified atom stereocenters. The number of carbonyl (C=O) groups is 2. The summed E-state index contributed by atoms with van der Waals surface area (Å²) < 4.78 is 12.8. The molecule has 18 heavy (non-hydrogen) atoms. The SMILES string of the molecule is CNC(=O)NC1CCN(c2ccc(F)cc2)C1=O. The van der Waals surface area contributed by atoms with Gasteiger partial charge in [-0.1, -0.05) is 0 Å². The highest BCUT2D eigenvalue weighted by molar-refractivity contribution is 6.01. The minimum atomic E-state index is -0.519. The zero-order valence-corrected chi connectivity index (χ0v) is 9.94. The van der Waals surface area contributed by atoms with Crippen molar-refractivity contribution in [2.75, 3.05) is 18.5 Å². The summed E-state index contributed by atoms with van der Waals surface area (Å²) in [6.45, 7) is 0.513. The van der Waals surface area contributed by atoms with E-state index in [-0.39, 0.29) is 17.8 Å². The van der Waals surface area contributed by atoms with Crippen LogP contribution in [0.3, 0.4) is 0 Å². The zero-order valence-electron chi connectivity index (χ0n) is 9.94. The third kappa shape index (κ3) is 2.42. The first-order valence-electron chi connectivity index (χ1n) is 5.67. The maximum Gasteiger partial charge on any atom is 0.315 e. The number of amides is 3. The molecule has 0 spiro atoms. The second-order valence-corrected chi connectivity index (χ2v) is 4.03. The van der Waals surface area contributed by atoms with Crippen LogP contribution in [0.25, 0.3) is 0 Å². The fraction of sp³-hybridized carbons (Fsp3) is 0.333. The summed E-state index contributed by atoms with van der Waals surface area (Å²) in [5, 5.41) is 4.98. The lowest BCUT2D eigenvalue weighted by atomic mass is 10.2. The summed E-state index contributed by atoms with van der Waals surface area (Å²) in [7, 11) is 1.49. The zero-order chi connectivity index (χ0) is 13.1. The largest absolute Gasteiger partial charge is 0.341 e. The van der Waals surface area contributed by atoms with Gasteiger partial charge in [-0.05, 0) is 30.7 Å². The molecule has 6 heteroatoms. The van der Waals surface area contributed by atoms with Crippen LogP contribution in [0, 0.1) is 5.82 Å². The van der Waals surface area contributed by atoms with Gasteiger partial charge < -0.3 is 15.5 Å². The van der Waals surface area contributed by atoms with E-state index in [0.29, 0.717) is 18.7 Å². The molecule has 1 aliphatic rings. The standard InChI is InChI=1S/C12H14FN3O2/c1-14-12(18)15-10-6-7-16(11(10)17)9-4-2-8(13)3-5-9/h2-5,10H,6-7H2,1H3,(H2,14,15,18). The summed E-state index contributed by atoms with van der Waals surface area (Å²) >= 11 is 0. The van der Waals surface area contributed by atoms with Crippen LogP contribution in [0.5, 0.6) is 0 Å². The molecule has 1 fully saturated rings. The van der Waals surface area contributed by atoms with E-state index in [1.54, 1.807) is 17.0 Å². The Hall–Kier alpha value is -2.11. The van der Waals surface area contributed by atoms with E-state index < -0.39 is 6.04 Å². The van der Waals surface area contributed by atoms with Gasteiger partial charge in [-0.15, -0.1) is 0 Å². The molecule has 1 aliphatic heterocycles. The van der Waals surface area contributed by atoms with Crippen molar-refractivity contribution < 1.29 is 14.0 Å². The first-order chi connectivity index (χ1) is 8.61. The Morgan fingerprint density at radius 3 is 2.67 bits per heavy atom. The minimum absolute atomic E-state index is 0.176. The lowest BCUT2D eigenvalue weighted by molar-refractivity contribution is -0.118. The summed E-state index contributed by atoms with van der Waals surface area (Å²) in [5.74, 6) is -0.518. The minimum Gasteiger partial charge on any atom is -0.341 e. The molecule has 1 heterocycles. The van der Waals surface area contributed by atoms with Crippen LogP contribution in [0.2, 0.25) is 0 Å². The normalized spacial score (nSPS) is 18.9. The van der Waals surface area contributed by atoms with Crippen LogP contribution in [-0.4, -0.2) is 31.6 Å². The molecule has 0 saturated carbocycles. The molecule has 1 atom stereocenters. The average Bonchev–Trinajstić information content (AvgIpc) is 2.72. The van der Waals surface area contributed by atoms with E-state index >= 15 is 0 Å². The van der Waals surface area contributed by atoms with Gasteiger partial charge in [0.1, 0.15) is 11.9 Å². The molecule has 1 aromatic rings. The average molecular weight is 251 g/mol. The van der Waals surface area contributed by atoms with Crippen molar-refractivity contribution in [1.29, 1.82) is 0 Å². The molecular weight excluding hydrogens is 237 g/mol. The predicted molar refractivity (Wildman–Crippen MR) is 64.7 cm³/mol. The number of urea groups is 1. The fourth-order valence-electron chi connectivity index (χ4n) is 1.92. The van der Waals surface area contributed by atoms with Crippen molar-refractivity contribution in [3.05, 3.63) is 30.1 Å². The number of carbonyl (C=O) groups excluding carboxylic acids is 2. The maximum absolute atomic E-state index is 12.8. The maximum atomic E-state index is 12.8. The van der Waals surface area contributed by atoms with E-state index in [1.165, 1.54) is 19.2 Å². The van der Waals surface area contributed by atoms with Gasteiger partial charge in [0.15, 0.2) is 0 Å². The van der Waals surface area contributed by atoms with Crippen molar-refractivity contribution >= 4 is 17.6 Å². The van der Waals surface area contributed by atoms with Crippen LogP contribution < -0.4 is 15.5 Å². The smallest absolute Gasteiger partial charge is 0.315 e. The van der Waals surface area contributed by atoms with Crippen LogP contribution in [0.4, 0.5) is 14.9 Å². The van der Waals surface area contributed by atoms with Gasteiger partial charge in [-0.2, -0.15) is 0 Å². The Bertz CT molecular complexity index is 461. The quantitative estimate of drug-likeness (QED) is 0.819. The highest BCUT2D eigenvalue weighted by Gasteiger charge is 2.33. The predicted octanol–water partition coefficient (Wildman–Crippen LogP) is 0.860. The first-order valence-corrected chi connectivity index (χ1v) is 5.67. The van der Waals surface area contributed by atoms with Gasteiger partial charge >= 0.3 is 6.03 Å². The number of benzene rings is 1. The monoisotopic (exact) mass is 251 g/mol. The van der Waals surface area contributed by atoms with Crippen molar-refractivity contribution in [2.24, 2.45) is 0 Å². The van der Waals surface area contributed by atoms with E-state index in [4.69, 9.17) is 0 Å². The highest BCUT2D eigenvalue weighted by Crippen LogP contribution is 2.21. The second kappa shape index (κ2) is 5.03. The van der Waals surface area contributed by atoms with Crippen molar-refractivity contribution in [1.82, 2.24) is 10.6 Å². The van der Waals surface area contributed by atoms with E-state index in [9.17, 15) is 14.0 Å². The third-order valence-electron chi connectivity index (χ3n) is 2.88. The Morgan fingerprint density at radius 1 is 1.39 bits per heavy atom. The molecule has 1 aromatic carbocycles. The molecule has 96 valence electrons. The molecule has 0 bridgehead atoms. The number of anilines is 1. The van der Waals surface area contributed by atoms with Crippen LogP contribution in [0.15, 0.2) is 24.3 Å². The Kier molecular flexibility index (Phi) is 3.45. The molecular formula is C12H14FN3O2. The number of nitrogens with one attached hydrogen (secondary N) is 2. The topological polar surface area (TPSA) is 61.4 Å². The summed E-state index contributed by atoms with van der Waals surface area (Å²) in [4.78, 5) is 24.7. The molecule has 2 N–H and O–H groups in total. The Morgan fingerprint density at radius 2 is 2.06 bits per heavy atom. The van der Waals surface area contributed by atoms with Crippen LogP contribution in [-0.2, 0) is 4.79 Å². The van der Waals surface area contributed by atoms with Gasteiger partial charge in [0, 0.05) is 19.3 Å². The highest BCUT2D eigenvalue weighted by atomic mass is 19.1. The molecule has 5 nitrogen and oxygen atoms in total. The van der Waals surface area contributed by atoms with Crippen LogP contribution in [0.1, 0.15) is 6.42 Å². The molecule has 0 aliphatic carbocycles. The van der Waals surface area contributed by atoms with Gasteiger partial charge in [0.05, 0.1) is 0 Å². The molecule has 2 rings (SSSR count). The fourth-order valence-corrected chi connectivity index (χ4v) is 1.92. The Balaban J connectivity index is 2.07. The van der Waals surface area contributed by atoms with Crippen LogP contribution >= 0.6 is 0 Å². The van der Waals surface area contributed by atoms with Crippen molar-refractivity contribution in [2.45, 2.75) is 12.5 Å². The lowest BCUT2D eigenvalue weighted by Crippen LogP contribution is -2.45. The Labute approximate surface area is 104 Å². The molecule has 3 amide bonds. The number of hydrogen-bond donors (Lipinski definition) is 2. The van der Waals surface area contributed by atoms with Gasteiger partial charge in [0.25, 0.3) is 0 Å². The van der Waals surface area contributed by atoms with Crippen molar-refractivity contribution in [3.8, 4) is 0 Å². The van der Waals surface area contributed by atoms with Gasteiger partial charge in [0.2, 0.25) is 5.91 Å². The van der Waals surface area contributed by atoms with E-state index in [1.807, 2.05) is 0 Å². The third-order valence-corrected chi connectivity index (χ3v) is 2.88. The lowest BCUT2D eigenvalue weighted by Gasteiger charge is -2.17. The van der Waals surface area contributed by atoms with E-state index in [0.717, 1.165) is 0 Å². The van der Waals surface area contributed by atoms with Gasteiger partial charge in [-0.3, -0.25) is 4.79 Å². The summed E-state index contributed by atoms with van der Waals surface area (Å²) in [5.41, 5.74) is 0.641. The summed E-state index contributed by atoms with van der Waals surface area (Å²) in [6.07, 6.45) is 0.545. The van der Waals surface area contributed by atoms with Crippen molar-refractivity contribution in [3.63, 3.8) is 0 Å². The number of halogens is 1. The number of hydrogen-bond acceptors (Lipinski definition) is 2. The molecule has 0 radical (unpaired) electrons. The van der Waals surface area contributed by atoms with E-state index in [2.05, 4.69) is 10.6 Å². The molecule has 1 saturated heterocycles.